The Balaban J connectivity index is 1.78. The van der Waals surface area contributed by atoms with E-state index in [2.05, 4.69) is 20.3 Å². The molecule has 1 saturated heterocycles. The van der Waals surface area contributed by atoms with Crippen LogP contribution in [-0.2, 0) is 0 Å². The molecule has 0 atom stereocenters. The summed E-state index contributed by atoms with van der Waals surface area (Å²) >= 11 is 0. The van der Waals surface area contributed by atoms with Gasteiger partial charge in [0.2, 0.25) is 0 Å². The lowest BCUT2D eigenvalue weighted by molar-refractivity contribution is 0.0257. The van der Waals surface area contributed by atoms with Crippen molar-refractivity contribution in [1.29, 1.82) is 0 Å². The molecular formula is C23H21F4N5O. The molecule has 1 N–H and O–H groups in total. The van der Waals surface area contributed by atoms with Gasteiger partial charge in [0, 0.05) is 48.6 Å². The van der Waals surface area contributed by atoms with Gasteiger partial charge in [-0.1, -0.05) is 13.8 Å². The van der Waals surface area contributed by atoms with Gasteiger partial charge in [-0.3, -0.25) is 4.79 Å². The number of rotatable bonds is 5. The van der Waals surface area contributed by atoms with Crippen molar-refractivity contribution in [2.45, 2.75) is 32.1 Å². The van der Waals surface area contributed by atoms with Crippen molar-refractivity contribution in [3.05, 3.63) is 65.9 Å². The zero-order chi connectivity index (χ0) is 23.8. The summed E-state index contributed by atoms with van der Waals surface area (Å²) in [5.41, 5.74) is 0.0934. The van der Waals surface area contributed by atoms with Crippen molar-refractivity contribution in [3.63, 3.8) is 0 Å². The average molecular weight is 459 g/mol. The third-order valence-corrected chi connectivity index (χ3v) is 5.31. The van der Waals surface area contributed by atoms with E-state index in [4.69, 9.17) is 0 Å². The van der Waals surface area contributed by atoms with E-state index in [0.717, 1.165) is 18.2 Å². The summed E-state index contributed by atoms with van der Waals surface area (Å²) in [6.07, 6.45) is 3.62. The number of hydrogen-bond acceptors (Lipinski definition) is 5. The minimum absolute atomic E-state index is 0.00219. The summed E-state index contributed by atoms with van der Waals surface area (Å²) in [6, 6.07) is 4.29. The van der Waals surface area contributed by atoms with Crippen LogP contribution in [0.1, 0.15) is 42.4 Å². The van der Waals surface area contributed by atoms with Crippen LogP contribution in [0.3, 0.4) is 0 Å². The van der Waals surface area contributed by atoms with Crippen LogP contribution in [-0.4, -0.2) is 39.9 Å². The molecule has 33 heavy (non-hydrogen) atoms. The Labute approximate surface area is 187 Å². The first-order valence-electron chi connectivity index (χ1n) is 10.3. The van der Waals surface area contributed by atoms with Crippen LogP contribution in [0.5, 0.6) is 0 Å². The highest BCUT2D eigenvalue weighted by Crippen LogP contribution is 2.40. The smallest absolute Gasteiger partial charge is 0.266 e. The summed E-state index contributed by atoms with van der Waals surface area (Å²) in [5.74, 6) is -4.33. The normalized spacial score (nSPS) is 15.2. The van der Waals surface area contributed by atoms with Crippen LogP contribution in [0.15, 0.2) is 42.9 Å². The van der Waals surface area contributed by atoms with Gasteiger partial charge >= 0.3 is 0 Å². The molecule has 0 saturated carbocycles. The van der Waals surface area contributed by atoms with Crippen LogP contribution in [0.25, 0.3) is 11.1 Å². The minimum atomic E-state index is -2.93. The first kappa shape index (κ1) is 22.6. The number of carbonyl (C=O) groups excluding carboxylic acids is 1. The third-order valence-electron chi connectivity index (χ3n) is 5.31. The van der Waals surface area contributed by atoms with Crippen molar-refractivity contribution in [3.8, 4) is 11.1 Å². The molecule has 4 rings (SSSR count). The maximum absolute atomic E-state index is 14.6. The molecule has 1 aliphatic heterocycles. The van der Waals surface area contributed by atoms with E-state index in [1.54, 1.807) is 0 Å². The molecular weight excluding hydrogens is 438 g/mol. The zero-order valence-corrected chi connectivity index (χ0v) is 17.9. The number of aromatic nitrogens is 3. The molecule has 0 aliphatic carbocycles. The molecule has 0 radical (unpaired) electrons. The predicted octanol–water partition coefficient (Wildman–Crippen LogP) is 5.04. The Kier molecular flexibility index (Phi) is 6.01. The number of carbonyl (C=O) groups is 1. The van der Waals surface area contributed by atoms with Crippen molar-refractivity contribution in [2.24, 2.45) is 0 Å². The van der Waals surface area contributed by atoms with E-state index in [-0.39, 0.29) is 47.1 Å². The molecule has 3 heterocycles. The first-order valence-corrected chi connectivity index (χ1v) is 10.3. The minimum Gasteiger partial charge on any atom is -0.349 e. The lowest BCUT2D eigenvalue weighted by atomic mass is 10.0. The first-order chi connectivity index (χ1) is 15.6. The van der Waals surface area contributed by atoms with Crippen LogP contribution >= 0.6 is 0 Å². The summed E-state index contributed by atoms with van der Waals surface area (Å²) in [5, 5.41) is 2.64. The number of anilines is 2. The van der Waals surface area contributed by atoms with Gasteiger partial charge in [-0.05, 0) is 24.3 Å². The third kappa shape index (κ3) is 4.79. The second-order valence-corrected chi connectivity index (χ2v) is 8.15. The molecule has 1 amide bonds. The second kappa shape index (κ2) is 8.76. The SMILES string of the molecule is CC(C)c1ncc(C(=O)Nc2c(-c3cc(F)ccc3F)ccnc2N2CCC(F)(F)C2)cn1. The monoisotopic (exact) mass is 459 g/mol. The number of benzene rings is 1. The number of amides is 1. The fraction of sp³-hybridized carbons (Fsp3) is 0.304. The number of nitrogens with one attached hydrogen (secondary N) is 1. The number of halogens is 4. The molecule has 0 spiro atoms. The summed E-state index contributed by atoms with van der Waals surface area (Å²) in [7, 11) is 0. The Bertz CT molecular complexity index is 1180. The summed E-state index contributed by atoms with van der Waals surface area (Å²) < 4.78 is 56.3. The van der Waals surface area contributed by atoms with Crippen LogP contribution in [0.4, 0.5) is 29.1 Å². The summed E-state index contributed by atoms with van der Waals surface area (Å²) in [6.45, 7) is 3.19. The van der Waals surface area contributed by atoms with Gasteiger partial charge in [0.05, 0.1) is 17.8 Å². The van der Waals surface area contributed by atoms with Crippen molar-refractivity contribution < 1.29 is 22.4 Å². The van der Waals surface area contributed by atoms with Gasteiger partial charge in [-0.2, -0.15) is 0 Å². The number of alkyl halides is 2. The molecule has 6 nitrogen and oxygen atoms in total. The fourth-order valence-electron chi connectivity index (χ4n) is 3.60. The van der Waals surface area contributed by atoms with Gasteiger partial charge < -0.3 is 10.2 Å². The second-order valence-electron chi connectivity index (χ2n) is 8.15. The van der Waals surface area contributed by atoms with E-state index in [1.165, 1.54) is 29.6 Å². The van der Waals surface area contributed by atoms with Gasteiger partial charge in [-0.15, -0.1) is 0 Å². The van der Waals surface area contributed by atoms with Crippen LogP contribution in [0, 0.1) is 11.6 Å². The van der Waals surface area contributed by atoms with E-state index in [0.29, 0.717) is 5.82 Å². The topological polar surface area (TPSA) is 71.0 Å². The summed E-state index contributed by atoms with van der Waals surface area (Å²) in [4.78, 5) is 26.8. The zero-order valence-electron chi connectivity index (χ0n) is 17.9. The highest BCUT2D eigenvalue weighted by atomic mass is 19.3. The number of hydrogen-bond donors (Lipinski definition) is 1. The van der Waals surface area contributed by atoms with Gasteiger partial charge in [0.1, 0.15) is 17.5 Å². The van der Waals surface area contributed by atoms with Crippen molar-refractivity contribution in [1.82, 2.24) is 15.0 Å². The van der Waals surface area contributed by atoms with Gasteiger partial charge in [-0.25, -0.2) is 32.5 Å². The Hall–Kier alpha value is -3.56. The standard InChI is InChI=1S/C23H21F4N5O/c1-13(2)20-29-10-14(11-30-20)22(33)31-19-16(17-9-15(24)3-4-18(17)25)5-7-28-21(19)32-8-6-23(26,27)12-32/h3-5,7,9-11,13H,6,8,12H2,1-2H3,(H,31,33). The molecule has 0 bridgehead atoms. The largest absolute Gasteiger partial charge is 0.349 e. The van der Waals surface area contributed by atoms with Crippen molar-refractivity contribution >= 4 is 17.4 Å². The maximum Gasteiger partial charge on any atom is 0.266 e. The number of pyridine rings is 1. The molecule has 1 aliphatic rings. The van der Waals surface area contributed by atoms with E-state index in [9.17, 15) is 22.4 Å². The maximum atomic E-state index is 14.6. The lowest BCUT2D eigenvalue weighted by Gasteiger charge is -2.23. The Morgan fingerprint density at radius 2 is 1.82 bits per heavy atom. The van der Waals surface area contributed by atoms with Crippen LogP contribution in [0.2, 0.25) is 0 Å². The van der Waals surface area contributed by atoms with Crippen molar-refractivity contribution in [2.75, 3.05) is 23.3 Å². The quantitative estimate of drug-likeness (QED) is 0.542. The van der Waals surface area contributed by atoms with E-state index in [1.807, 2.05) is 13.8 Å². The highest BCUT2D eigenvalue weighted by molar-refractivity contribution is 6.08. The molecule has 3 aromatic rings. The number of nitrogens with zero attached hydrogens (tertiary/aromatic N) is 4. The fourth-order valence-corrected chi connectivity index (χ4v) is 3.60. The highest BCUT2D eigenvalue weighted by Gasteiger charge is 2.40. The van der Waals surface area contributed by atoms with E-state index < -0.39 is 30.0 Å². The van der Waals surface area contributed by atoms with Crippen LogP contribution < -0.4 is 10.2 Å². The molecule has 2 aromatic heterocycles. The molecule has 172 valence electrons. The molecule has 10 heteroatoms. The average Bonchev–Trinajstić information content (AvgIpc) is 3.15. The lowest BCUT2D eigenvalue weighted by Crippen LogP contribution is -2.27. The Morgan fingerprint density at radius 3 is 2.45 bits per heavy atom. The van der Waals surface area contributed by atoms with Gasteiger partial charge in [0.25, 0.3) is 11.8 Å². The van der Waals surface area contributed by atoms with Gasteiger partial charge in [0.15, 0.2) is 5.82 Å². The Morgan fingerprint density at radius 1 is 1.09 bits per heavy atom. The molecule has 1 fully saturated rings. The molecule has 1 aromatic carbocycles. The molecule has 0 unspecified atom stereocenters. The predicted molar refractivity (Wildman–Crippen MR) is 115 cm³/mol. The van der Waals surface area contributed by atoms with E-state index >= 15 is 0 Å².